The highest BCUT2D eigenvalue weighted by atomic mass is 16.5. The molecule has 0 bridgehead atoms. The normalized spacial score (nSPS) is 10.7. The van der Waals surface area contributed by atoms with Crippen LogP contribution in [0.15, 0.2) is 48.7 Å². The van der Waals surface area contributed by atoms with E-state index >= 15 is 0 Å². The number of aromatic amines is 1. The Bertz CT molecular complexity index is 778. The number of benzene rings is 2. The molecule has 22 heavy (non-hydrogen) atoms. The SMILES string of the molecule is O=C(O)CCc1ccc(OCc2ccc3[nH]ncc3c2)cc1. The molecule has 5 nitrogen and oxygen atoms in total. The summed E-state index contributed by atoms with van der Waals surface area (Å²) in [5.74, 6) is -0.0127. The lowest BCUT2D eigenvalue weighted by Crippen LogP contribution is -1.98. The Labute approximate surface area is 127 Å². The number of hydrogen-bond donors (Lipinski definition) is 2. The van der Waals surface area contributed by atoms with Crippen LogP contribution in [0.5, 0.6) is 5.75 Å². The molecule has 1 aromatic heterocycles. The van der Waals surface area contributed by atoms with Crippen molar-refractivity contribution in [1.29, 1.82) is 0 Å². The molecule has 0 fully saturated rings. The second kappa shape index (κ2) is 6.30. The minimum Gasteiger partial charge on any atom is -0.489 e. The number of nitrogens with one attached hydrogen (secondary N) is 1. The molecule has 5 heteroatoms. The molecule has 3 rings (SSSR count). The lowest BCUT2D eigenvalue weighted by Gasteiger charge is -2.07. The van der Waals surface area contributed by atoms with Crippen LogP contribution < -0.4 is 4.74 Å². The predicted octanol–water partition coefficient (Wildman–Crippen LogP) is 3.16. The monoisotopic (exact) mass is 296 g/mol. The van der Waals surface area contributed by atoms with Crippen LogP contribution in [-0.2, 0) is 17.8 Å². The maximum Gasteiger partial charge on any atom is 0.303 e. The number of aliphatic carboxylic acids is 1. The second-order valence-corrected chi connectivity index (χ2v) is 5.12. The van der Waals surface area contributed by atoms with Crippen LogP contribution in [-0.4, -0.2) is 21.3 Å². The van der Waals surface area contributed by atoms with Crippen molar-refractivity contribution in [3.63, 3.8) is 0 Å². The molecule has 2 N–H and O–H groups in total. The van der Waals surface area contributed by atoms with Gasteiger partial charge in [-0.15, -0.1) is 0 Å². The number of fused-ring (bicyclic) bond motifs is 1. The lowest BCUT2D eigenvalue weighted by molar-refractivity contribution is -0.136. The van der Waals surface area contributed by atoms with E-state index in [1.165, 1.54) is 0 Å². The Morgan fingerprint density at radius 1 is 1.14 bits per heavy atom. The van der Waals surface area contributed by atoms with Crippen molar-refractivity contribution < 1.29 is 14.6 Å². The van der Waals surface area contributed by atoms with Crippen LogP contribution in [0, 0.1) is 0 Å². The highest BCUT2D eigenvalue weighted by Gasteiger charge is 2.02. The molecule has 0 unspecified atom stereocenters. The molecule has 1 heterocycles. The van der Waals surface area contributed by atoms with Gasteiger partial charge in [-0.3, -0.25) is 9.89 Å². The van der Waals surface area contributed by atoms with Crippen LogP contribution in [0.25, 0.3) is 10.9 Å². The summed E-state index contributed by atoms with van der Waals surface area (Å²) in [7, 11) is 0. The minimum atomic E-state index is -0.782. The molecule has 112 valence electrons. The maximum atomic E-state index is 10.5. The smallest absolute Gasteiger partial charge is 0.303 e. The Hall–Kier alpha value is -2.82. The number of aryl methyl sites for hydroxylation is 1. The predicted molar refractivity (Wildman–Crippen MR) is 82.8 cm³/mol. The first-order valence-corrected chi connectivity index (χ1v) is 7.06. The average Bonchev–Trinajstić information content (AvgIpc) is 2.99. The van der Waals surface area contributed by atoms with E-state index in [1.54, 1.807) is 6.20 Å². The molecule has 3 aromatic rings. The van der Waals surface area contributed by atoms with Gasteiger partial charge in [-0.25, -0.2) is 0 Å². The third kappa shape index (κ3) is 3.44. The van der Waals surface area contributed by atoms with Gasteiger partial charge in [0.15, 0.2) is 0 Å². The first-order chi connectivity index (χ1) is 10.7. The van der Waals surface area contributed by atoms with E-state index < -0.39 is 5.97 Å². The number of carbonyl (C=O) groups is 1. The summed E-state index contributed by atoms with van der Waals surface area (Å²) < 4.78 is 5.75. The van der Waals surface area contributed by atoms with E-state index in [0.717, 1.165) is 27.8 Å². The fraction of sp³-hybridized carbons (Fsp3) is 0.176. The van der Waals surface area contributed by atoms with Gasteiger partial charge in [0.25, 0.3) is 0 Å². The number of carboxylic acids is 1. The lowest BCUT2D eigenvalue weighted by atomic mass is 10.1. The molecular formula is C17H16N2O3. The number of aromatic nitrogens is 2. The van der Waals surface area contributed by atoms with Crippen LogP contribution in [0.2, 0.25) is 0 Å². The van der Waals surface area contributed by atoms with Gasteiger partial charge in [0.05, 0.1) is 11.7 Å². The second-order valence-electron chi connectivity index (χ2n) is 5.12. The van der Waals surface area contributed by atoms with E-state index in [1.807, 2.05) is 42.5 Å². The third-order valence-corrected chi connectivity index (χ3v) is 3.46. The summed E-state index contributed by atoms with van der Waals surface area (Å²) in [4.78, 5) is 10.5. The van der Waals surface area contributed by atoms with Crippen molar-refractivity contribution in [2.24, 2.45) is 0 Å². The molecule has 0 aliphatic heterocycles. The van der Waals surface area contributed by atoms with Gasteiger partial charge in [-0.05, 0) is 41.8 Å². The van der Waals surface area contributed by atoms with Gasteiger partial charge >= 0.3 is 5.97 Å². The van der Waals surface area contributed by atoms with Crippen molar-refractivity contribution in [2.75, 3.05) is 0 Å². The maximum absolute atomic E-state index is 10.5. The van der Waals surface area contributed by atoms with Crippen LogP contribution in [0.4, 0.5) is 0 Å². The van der Waals surface area contributed by atoms with Crippen LogP contribution in [0.3, 0.4) is 0 Å². The molecule has 0 aliphatic rings. The average molecular weight is 296 g/mol. The zero-order valence-corrected chi connectivity index (χ0v) is 12.0. The van der Waals surface area contributed by atoms with Gasteiger partial charge in [-0.2, -0.15) is 5.10 Å². The Morgan fingerprint density at radius 2 is 1.91 bits per heavy atom. The molecule has 0 atom stereocenters. The highest BCUT2D eigenvalue weighted by molar-refractivity contribution is 5.78. The van der Waals surface area contributed by atoms with Crippen molar-refractivity contribution >= 4 is 16.9 Å². The fourth-order valence-corrected chi connectivity index (χ4v) is 2.25. The number of H-pyrrole nitrogens is 1. The summed E-state index contributed by atoms with van der Waals surface area (Å²) in [6.45, 7) is 0.482. The first kappa shape index (κ1) is 14.1. The Morgan fingerprint density at radius 3 is 2.68 bits per heavy atom. The number of ether oxygens (including phenoxy) is 1. The topological polar surface area (TPSA) is 75.2 Å². The summed E-state index contributed by atoms with van der Waals surface area (Å²) in [6, 6.07) is 13.6. The van der Waals surface area contributed by atoms with Crippen LogP contribution in [0.1, 0.15) is 17.5 Å². The van der Waals surface area contributed by atoms with Gasteiger partial charge in [0, 0.05) is 11.8 Å². The molecule has 0 aliphatic carbocycles. The fourth-order valence-electron chi connectivity index (χ4n) is 2.25. The van der Waals surface area contributed by atoms with E-state index in [-0.39, 0.29) is 6.42 Å². The minimum absolute atomic E-state index is 0.144. The van der Waals surface area contributed by atoms with Crippen molar-refractivity contribution in [1.82, 2.24) is 10.2 Å². The largest absolute Gasteiger partial charge is 0.489 e. The van der Waals surface area contributed by atoms with Gasteiger partial charge < -0.3 is 9.84 Å². The van der Waals surface area contributed by atoms with E-state index in [0.29, 0.717) is 13.0 Å². The van der Waals surface area contributed by atoms with E-state index in [9.17, 15) is 4.79 Å². The molecule has 0 saturated carbocycles. The number of rotatable bonds is 6. The third-order valence-electron chi connectivity index (χ3n) is 3.46. The summed E-state index contributed by atoms with van der Waals surface area (Å²) in [5.41, 5.74) is 3.07. The van der Waals surface area contributed by atoms with E-state index in [2.05, 4.69) is 10.2 Å². The zero-order valence-electron chi connectivity index (χ0n) is 12.0. The van der Waals surface area contributed by atoms with Crippen molar-refractivity contribution in [3.05, 3.63) is 59.8 Å². The number of hydrogen-bond acceptors (Lipinski definition) is 3. The highest BCUT2D eigenvalue weighted by Crippen LogP contribution is 2.17. The Kier molecular flexibility index (Phi) is 4.05. The molecule has 0 spiro atoms. The van der Waals surface area contributed by atoms with E-state index in [4.69, 9.17) is 9.84 Å². The Balaban J connectivity index is 1.59. The molecule has 0 radical (unpaired) electrons. The van der Waals surface area contributed by atoms with Gasteiger partial charge in [0.2, 0.25) is 0 Å². The molecule has 0 saturated heterocycles. The zero-order chi connectivity index (χ0) is 15.4. The summed E-state index contributed by atoms with van der Waals surface area (Å²) in [6.07, 6.45) is 2.47. The number of carboxylic acid groups (broad SMARTS) is 1. The summed E-state index contributed by atoms with van der Waals surface area (Å²) >= 11 is 0. The molecule has 0 amide bonds. The standard InChI is InChI=1S/C17H16N2O3/c20-17(21)8-4-12-1-5-15(6-2-12)22-11-13-3-7-16-14(9-13)10-18-19-16/h1-3,5-7,9-10H,4,8,11H2,(H,18,19)(H,20,21). The van der Waals surface area contributed by atoms with Crippen LogP contribution >= 0.6 is 0 Å². The summed E-state index contributed by atoms with van der Waals surface area (Å²) in [5, 5.41) is 16.6. The van der Waals surface area contributed by atoms with Crippen molar-refractivity contribution in [2.45, 2.75) is 19.4 Å². The molecular weight excluding hydrogens is 280 g/mol. The number of nitrogens with zero attached hydrogens (tertiary/aromatic N) is 1. The van der Waals surface area contributed by atoms with Crippen molar-refractivity contribution in [3.8, 4) is 5.75 Å². The van der Waals surface area contributed by atoms with Gasteiger partial charge in [0.1, 0.15) is 12.4 Å². The van der Waals surface area contributed by atoms with Gasteiger partial charge in [-0.1, -0.05) is 18.2 Å². The quantitative estimate of drug-likeness (QED) is 0.732. The first-order valence-electron chi connectivity index (χ1n) is 7.06. The molecule has 2 aromatic carbocycles.